The average Bonchev–Trinajstić information content (AvgIpc) is 2.21. The van der Waals surface area contributed by atoms with Crippen LogP contribution in [0.4, 0.5) is 0 Å². The minimum atomic E-state index is 0.506. The molecule has 16 heavy (non-hydrogen) atoms. The maximum absolute atomic E-state index is 5.29. The highest BCUT2D eigenvalue weighted by atomic mass is 32.1. The molecular weight excluding hydrogens is 216 g/mol. The lowest BCUT2D eigenvalue weighted by Gasteiger charge is -2.33. The smallest absolute Gasteiger partial charge is 0.171 e. The van der Waals surface area contributed by atoms with Crippen LogP contribution in [0.1, 0.15) is 58.3 Å². The van der Waals surface area contributed by atoms with Crippen LogP contribution in [0.2, 0.25) is 0 Å². The third kappa shape index (κ3) is 2.76. The quantitative estimate of drug-likeness (QED) is 0.722. The number of allylic oxidation sites excluding steroid dienone is 1. The molecule has 0 spiro atoms. The van der Waals surface area contributed by atoms with Crippen LogP contribution >= 0.6 is 12.2 Å². The van der Waals surface area contributed by atoms with E-state index >= 15 is 0 Å². The molecule has 2 aliphatic rings. The number of hydrogen-bond donors (Lipinski definition) is 2. The Labute approximate surface area is 104 Å². The van der Waals surface area contributed by atoms with Crippen LogP contribution in [0.3, 0.4) is 0 Å². The molecule has 0 fully saturated rings. The lowest BCUT2D eigenvalue weighted by atomic mass is 9.89. The second kappa shape index (κ2) is 5.67. The minimum absolute atomic E-state index is 0.506. The standard InChI is InChI=1S/C13H22N2S/c1-2-7-11-10-8-5-3-4-6-9-12(10)15-13(16)14-11/h11H,2-9H2,1H3,(H2,14,15,16). The SMILES string of the molecule is CCCC1NC(=S)NC2=C1CCCCCC2. The third-order valence-electron chi connectivity index (χ3n) is 3.58. The zero-order chi connectivity index (χ0) is 11.4. The fourth-order valence-electron chi connectivity index (χ4n) is 2.76. The normalized spacial score (nSPS) is 26.3. The number of rotatable bonds is 2. The van der Waals surface area contributed by atoms with Gasteiger partial charge >= 0.3 is 0 Å². The Morgan fingerprint density at radius 3 is 2.69 bits per heavy atom. The van der Waals surface area contributed by atoms with E-state index in [0.717, 1.165) is 5.11 Å². The first-order valence-electron chi connectivity index (χ1n) is 6.60. The monoisotopic (exact) mass is 238 g/mol. The molecule has 0 saturated carbocycles. The lowest BCUT2D eigenvalue weighted by molar-refractivity contribution is 0.517. The van der Waals surface area contributed by atoms with Crippen molar-refractivity contribution in [3.05, 3.63) is 11.3 Å². The Kier molecular flexibility index (Phi) is 4.22. The van der Waals surface area contributed by atoms with Gasteiger partial charge in [0.25, 0.3) is 0 Å². The van der Waals surface area contributed by atoms with Crippen LogP contribution in [0.5, 0.6) is 0 Å². The van der Waals surface area contributed by atoms with Crippen LogP contribution in [-0.2, 0) is 0 Å². The molecule has 2 rings (SSSR count). The lowest BCUT2D eigenvalue weighted by Crippen LogP contribution is -2.48. The highest BCUT2D eigenvalue weighted by Gasteiger charge is 2.24. The van der Waals surface area contributed by atoms with Gasteiger partial charge in [-0.1, -0.05) is 26.2 Å². The number of hydrogen-bond acceptors (Lipinski definition) is 1. The van der Waals surface area contributed by atoms with Crippen molar-refractivity contribution in [1.29, 1.82) is 0 Å². The molecule has 1 unspecified atom stereocenters. The third-order valence-corrected chi connectivity index (χ3v) is 3.80. The van der Waals surface area contributed by atoms with Crippen LogP contribution in [0.15, 0.2) is 11.3 Å². The van der Waals surface area contributed by atoms with E-state index in [1.807, 2.05) is 0 Å². The van der Waals surface area contributed by atoms with Crippen molar-refractivity contribution < 1.29 is 0 Å². The summed E-state index contributed by atoms with van der Waals surface area (Å²) in [4.78, 5) is 0. The van der Waals surface area contributed by atoms with Crippen molar-refractivity contribution in [2.24, 2.45) is 0 Å². The van der Waals surface area contributed by atoms with Gasteiger partial charge in [-0.2, -0.15) is 0 Å². The second-order valence-electron chi connectivity index (χ2n) is 4.86. The number of thiocarbonyl (C=S) groups is 1. The molecule has 0 aromatic heterocycles. The van der Waals surface area contributed by atoms with Crippen LogP contribution in [0.25, 0.3) is 0 Å². The van der Waals surface area contributed by atoms with Gasteiger partial charge in [-0.3, -0.25) is 0 Å². The summed E-state index contributed by atoms with van der Waals surface area (Å²) in [6.45, 7) is 2.25. The van der Waals surface area contributed by atoms with E-state index in [4.69, 9.17) is 12.2 Å². The zero-order valence-electron chi connectivity index (χ0n) is 10.1. The molecule has 3 heteroatoms. The summed E-state index contributed by atoms with van der Waals surface area (Å²) in [6.07, 6.45) is 10.3. The molecule has 0 saturated heterocycles. The van der Waals surface area contributed by atoms with E-state index in [-0.39, 0.29) is 0 Å². The van der Waals surface area contributed by atoms with Crippen molar-refractivity contribution in [3.8, 4) is 0 Å². The van der Waals surface area contributed by atoms with E-state index < -0.39 is 0 Å². The molecule has 2 nitrogen and oxygen atoms in total. The summed E-state index contributed by atoms with van der Waals surface area (Å²) in [5.41, 5.74) is 3.04. The van der Waals surface area contributed by atoms with Gasteiger partial charge in [0.15, 0.2) is 5.11 Å². The Hall–Kier alpha value is -0.570. The Morgan fingerprint density at radius 2 is 1.94 bits per heavy atom. The van der Waals surface area contributed by atoms with Gasteiger partial charge in [0, 0.05) is 5.70 Å². The molecule has 0 aromatic carbocycles. The molecular formula is C13H22N2S. The summed E-state index contributed by atoms with van der Waals surface area (Å²) in [5, 5.41) is 7.63. The minimum Gasteiger partial charge on any atom is -0.356 e. The summed E-state index contributed by atoms with van der Waals surface area (Å²) >= 11 is 5.29. The maximum Gasteiger partial charge on any atom is 0.171 e. The molecule has 90 valence electrons. The van der Waals surface area contributed by atoms with Gasteiger partial charge in [0.1, 0.15) is 0 Å². The molecule has 1 aliphatic carbocycles. The molecule has 0 radical (unpaired) electrons. The highest BCUT2D eigenvalue weighted by molar-refractivity contribution is 7.80. The van der Waals surface area contributed by atoms with E-state index in [0.29, 0.717) is 6.04 Å². The Morgan fingerprint density at radius 1 is 1.19 bits per heavy atom. The summed E-state index contributed by atoms with van der Waals surface area (Å²) in [7, 11) is 0. The van der Waals surface area contributed by atoms with E-state index in [1.165, 1.54) is 57.1 Å². The topological polar surface area (TPSA) is 24.1 Å². The van der Waals surface area contributed by atoms with E-state index in [2.05, 4.69) is 17.6 Å². The Bertz CT molecular complexity index is 296. The molecule has 2 N–H and O–H groups in total. The van der Waals surface area contributed by atoms with Crippen molar-refractivity contribution in [2.75, 3.05) is 0 Å². The highest BCUT2D eigenvalue weighted by Crippen LogP contribution is 2.27. The maximum atomic E-state index is 5.29. The van der Waals surface area contributed by atoms with Crippen molar-refractivity contribution in [3.63, 3.8) is 0 Å². The van der Waals surface area contributed by atoms with Crippen molar-refractivity contribution >= 4 is 17.3 Å². The average molecular weight is 238 g/mol. The van der Waals surface area contributed by atoms with Crippen molar-refractivity contribution in [2.45, 2.75) is 64.3 Å². The molecule has 0 aromatic rings. The molecule has 0 amide bonds. The number of nitrogens with one attached hydrogen (secondary N) is 2. The van der Waals surface area contributed by atoms with Gasteiger partial charge in [0.2, 0.25) is 0 Å². The fraction of sp³-hybridized carbons (Fsp3) is 0.769. The van der Waals surface area contributed by atoms with Crippen molar-refractivity contribution in [1.82, 2.24) is 10.6 Å². The van der Waals surface area contributed by atoms with Gasteiger partial charge in [-0.05, 0) is 49.9 Å². The van der Waals surface area contributed by atoms with Gasteiger partial charge in [-0.15, -0.1) is 0 Å². The van der Waals surface area contributed by atoms with Crippen LogP contribution < -0.4 is 10.6 Å². The first-order valence-corrected chi connectivity index (χ1v) is 7.01. The van der Waals surface area contributed by atoms with Gasteiger partial charge in [0.05, 0.1) is 6.04 Å². The van der Waals surface area contributed by atoms with Crippen LogP contribution in [-0.4, -0.2) is 11.2 Å². The second-order valence-corrected chi connectivity index (χ2v) is 5.27. The predicted octanol–water partition coefficient (Wildman–Crippen LogP) is 3.24. The summed E-state index contributed by atoms with van der Waals surface area (Å²) in [6, 6.07) is 0.506. The zero-order valence-corrected chi connectivity index (χ0v) is 11.0. The first kappa shape index (κ1) is 11.9. The van der Waals surface area contributed by atoms with Gasteiger partial charge in [-0.25, -0.2) is 0 Å². The Balaban J connectivity index is 2.18. The molecule has 1 heterocycles. The molecule has 0 bridgehead atoms. The molecule has 1 aliphatic heterocycles. The molecule has 1 atom stereocenters. The fourth-order valence-corrected chi connectivity index (χ4v) is 3.03. The largest absolute Gasteiger partial charge is 0.356 e. The summed E-state index contributed by atoms with van der Waals surface area (Å²) in [5.74, 6) is 0. The predicted molar refractivity (Wildman–Crippen MR) is 72.3 cm³/mol. The first-order chi connectivity index (χ1) is 7.81. The summed E-state index contributed by atoms with van der Waals surface area (Å²) < 4.78 is 0. The van der Waals surface area contributed by atoms with Gasteiger partial charge < -0.3 is 10.6 Å². The van der Waals surface area contributed by atoms with E-state index in [1.54, 1.807) is 5.57 Å². The van der Waals surface area contributed by atoms with E-state index in [9.17, 15) is 0 Å². The van der Waals surface area contributed by atoms with Crippen LogP contribution in [0, 0.1) is 0 Å².